The van der Waals surface area contributed by atoms with Gasteiger partial charge in [0, 0.05) is 6.07 Å². The molecular formula is C25H22ClN3O6. The average molecular weight is 496 g/mol. The SMILES string of the molecule is COc1ccc(NC(=O)C(=O)NN=C(C)c2ccc(OC(=O)c3ccccc3Cl)cc2)c(OC)c1. The summed E-state index contributed by atoms with van der Waals surface area (Å²) in [5.74, 6) is -1.29. The quantitative estimate of drug-likeness (QED) is 0.168. The molecule has 0 atom stereocenters. The van der Waals surface area contributed by atoms with Crippen LogP contribution in [0, 0.1) is 0 Å². The molecule has 0 aliphatic carbocycles. The molecule has 0 fully saturated rings. The molecule has 2 amide bonds. The van der Waals surface area contributed by atoms with E-state index < -0.39 is 17.8 Å². The molecule has 10 heteroatoms. The minimum absolute atomic E-state index is 0.254. The van der Waals surface area contributed by atoms with E-state index in [0.717, 1.165) is 0 Å². The number of carbonyl (C=O) groups excluding carboxylic acids is 3. The third-order valence-electron chi connectivity index (χ3n) is 4.76. The van der Waals surface area contributed by atoms with Crippen molar-refractivity contribution in [1.29, 1.82) is 0 Å². The van der Waals surface area contributed by atoms with Crippen molar-refractivity contribution in [3.05, 3.63) is 82.9 Å². The highest BCUT2D eigenvalue weighted by molar-refractivity contribution is 6.39. The Morgan fingerprint density at radius 3 is 2.20 bits per heavy atom. The number of halogens is 1. The highest BCUT2D eigenvalue weighted by Gasteiger charge is 2.16. The Hall–Kier alpha value is -4.37. The number of esters is 1. The topological polar surface area (TPSA) is 115 Å². The zero-order chi connectivity index (χ0) is 25.4. The van der Waals surface area contributed by atoms with E-state index in [2.05, 4.69) is 15.8 Å². The van der Waals surface area contributed by atoms with Crippen LogP contribution in [0.4, 0.5) is 5.69 Å². The summed E-state index contributed by atoms with van der Waals surface area (Å²) in [6.45, 7) is 1.65. The molecule has 0 aliphatic heterocycles. The van der Waals surface area contributed by atoms with Crippen LogP contribution >= 0.6 is 11.6 Å². The molecule has 0 unspecified atom stereocenters. The van der Waals surface area contributed by atoms with Gasteiger partial charge in [0.25, 0.3) is 0 Å². The largest absolute Gasteiger partial charge is 0.497 e. The Bertz CT molecular complexity index is 1270. The van der Waals surface area contributed by atoms with E-state index in [1.54, 1.807) is 73.7 Å². The van der Waals surface area contributed by atoms with Crippen molar-refractivity contribution in [2.24, 2.45) is 5.10 Å². The van der Waals surface area contributed by atoms with Crippen LogP contribution in [-0.2, 0) is 9.59 Å². The molecule has 9 nitrogen and oxygen atoms in total. The van der Waals surface area contributed by atoms with Gasteiger partial charge >= 0.3 is 17.8 Å². The summed E-state index contributed by atoms with van der Waals surface area (Å²) in [5.41, 5.74) is 3.83. The molecule has 0 radical (unpaired) electrons. The van der Waals surface area contributed by atoms with Gasteiger partial charge in [-0.15, -0.1) is 0 Å². The third kappa shape index (κ3) is 6.58. The van der Waals surface area contributed by atoms with Gasteiger partial charge < -0.3 is 19.5 Å². The number of benzene rings is 3. The minimum atomic E-state index is -0.965. The lowest BCUT2D eigenvalue weighted by molar-refractivity contribution is -0.136. The first-order valence-corrected chi connectivity index (χ1v) is 10.6. The first-order chi connectivity index (χ1) is 16.8. The molecule has 0 saturated carbocycles. The second-order valence-electron chi connectivity index (χ2n) is 7.05. The second kappa shape index (κ2) is 11.7. The lowest BCUT2D eigenvalue weighted by atomic mass is 10.1. The maximum Gasteiger partial charge on any atom is 0.345 e. The smallest absolute Gasteiger partial charge is 0.345 e. The van der Waals surface area contributed by atoms with Crippen molar-refractivity contribution in [2.45, 2.75) is 6.92 Å². The van der Waals surface area contributed by atoms with Crippen molar-refractivity contribution in [2.75, 3.05) is 19.5 Å². The molecule has 180 valence electrons. The predicted octanol–water partition coefficient (Wildman–Crippen LogP) is 4.06. The summed E-state index contributed by atoms with van der Waals surface area (Å²) < 4.78 is 15.6. The first kappa shape index (κ1) is 25.3. The molecule has 3 aromatic carbocycles. The maximum atomic E-state index is 12.3. The summed E-state index contributed by atoms with van der Waals surface area (Å²) in [6, 6.07) is 17.8. The van der Waals surface area contributed by atoms with Crippen LogP contribution in [-0.4, -0.2) is 37.7 Å². The molecule has 0 aromatic heterocycles. The molecular weight excluding hydrogens is 474 g/mol. The van der Waals surface area contributed by atoms with E-state index in [9.17, 15) is 14.4 Å². The zero-order valence-corrected chi connectivity index (χ0v) is 19.9. The van der Waals surface area contributed by atoms with E-state index in [4.69, 9.17) is 25.8 Å². The van der Waals surface area contributed by atoms with Crippen LogP contribution in [0.3, 0.4) is 0 Å². The summed E-state index contributed by atoms with van der Waals surface area (Å²) >= 11 is 6.02. The highest BCUT2D eigenvalue weighted by atomic mass is 35.5. The second-order valence-corrected chi connectivity index (χ2v) is 7.46. The number of hydrazone groups is 1. The lowest BCUT2D eigenvalue weighted by Crippen LogP contribution is -2.33. The van der Waals surface area contributed by atoms with E-state index in [1.807, 2.05) is 0 Å². The number of rotatable bonds is 7. The Kier molecular flexibility index (Phi) is 8.42. The standard InChI is InChI=1S/C25H22ClN3O6/c1-15(16-8-10-17(11-9-16)35-25(32)19-6-4-5-7-20(19)26)28-29-24(31)23(30)27-21-13-12-18(33-2)14-22(21)34-3/h4-14H,1-3H3,(H,27,30)(H,29,31). The van der Waals surface area contributed by atoms with Crippen molar-refractivity contribution in [3.63, 3.8) is 0 Å². The van der Waals surface area contributed by atoms with Gasteiger partial charge in [-0.05, 0) is 61.0 Å². The van der Waals surface area contributed by atoms with Crippen LogP contribution in [0.15, 0.2) is 71.8 Å². The molecule has 0 bridgehead atoms. The maximum absolute atomic E-state index is 12.3. The molecule has 0 aliphatic rings. The van der Waals surface area contributed by atoms with E-state index >= 15 is 0 Å². The minimum Gasteiger partial charge on any atom is -0.497 e. The number of nitrogens with zero attached hydrogens (tertiary/aromatic N) is 1. The van der Waals surface area contributed by atoms with Crippen molar-refractivity contribution in [3.8, 4) is 17.2 Å². The van der Waals surface area contributed by atoms with Crippen LogP contribution < -0.4 is 25.0 Å². The van der Waals surface area contributed by atoms with Gasteiger partial charge in [-0.1, -0.05) is 23.7 Å². The number of carbonyl (C=O) groups is 3. The van der Waals surface area contributed by atoms with E-state index in [0.29, 0.717) is 39.2 Å². The number of anilines is 1. The Balaban J connectivity index is 1.59. The predicted molar refractivity (Wildman–Crippen MR) is 131 cm³/mol. The van der Waals surface area contributed by atoms with Crippen LogP contribution in [0.2, 0.25) is 5.02 Å². The summed E-state index contributed by atoms with van der Waals surface area (Å²) in [4.78, 5) is 36.7. The highest BCUT2D eigenvalue weighted by Crippen LogP contribution is 2.29. The van der Waals surface area contributed by atoms with Gasteiger partial charge in [0.2, 0.25) is 0 Å². The van der Waals surface area contributed by atoms with E-state index in [1.165, 1.54) is 14.2 Å². The summed E-state index contributed by atoms with van der Waals surface area (Å²) in [6.07, 6.45) is 0. The Morgan fingerprint density at radius 1 is 0.857 bits per heavy atom. The number of methoxy groups -OCH3 is 2. The molecule has 3 aromatic rings. The summed E-state index contributed by atoms with van der Waals surface area (Å²) in [5, 5.41) is 6.71. The van der Waals surface area contributed by atoms with Gasteiger partial charge in [-0.3, -0.25) is 9.59 Å². The molecule has 0 saturated heterocycles. The molecule has 0 spiro atoms. The van der Waals surface area contributed by atoms with Crippen molar-refractivity contribution < 1.29 is 28.6 Å². The van der Waals surface area contributed by atoms with E-state index in [-0.39, 0.29) is 5.56 Å². The fraction of sp³-hybridized carbons (Fsp3) is 0.120. The summed E-state index contributed by atoms with van der Waals surface area (Å²) in [7, 11) is 2.93. The van der Waals surface area contributed by atoms with Crippen molar-refractivity contribution >= 4 is 40.8 Å². The fourth-order valence-corrected chi connectivity index (χ4v) is 3.10. The fourth-order valence-electron chi connectivity index (χ4n) is 2.88. The number of hydrogen-bond acceptors (Lipinski definition) is 7. The monoisotopic (exact) mass is 495 g/mol. The number of nitrogens with one attached hydrogen (secondary N) is 2. The van der Waals surface area contributed by atoms with Gasteiger partial charge in [0.1, 0.15) is 17.2 Å². The van der Waals surface area contributed by atoms with Gasteiger partial charge in [0.05, 0.1) is 36.2 Å². The van der Waals surface area contributed by atoms with Crippen LogP contribution in [0.1, 0.15) is 22.8 Å². The third-order valence-corrected chi connectivity index (χ3v) is 5.09. The average Bonchev–Trinajstić information content (AvgIpc) is 2.87. The zero-order valence-electron chi connectivity index (χ0n) is 19.1. The Labute approximate surface area is 206 Å². The number of amides is 2. The normalized spacial score (nSPS) is 10.8. The molecule has 35 heavy (non-hydrogen) atoms. The van der Waals surface area contributed by atoms with Crippen molar-refractivity contribution in [1.82, 2.24) is 5.43 Å². The lowest BCUT2D eigenvalue weighted by Gasteiger charge is -2.11. The number of hydrogen-bond donors (Lipinski definition) is 2. The molecule has 2 N–H and O–H groups in total. The first-order valence-electron chi connectivity index (χ1n) is 10.3. The van der Waals surface area contributed by atoms with Crippen LogP contribution in [0.25, 0.3) is 0 Å². The van der Waals surface area contributed by atoms with Crippen LogP contribution in [0.5, 0.6) is 17.2 Å². The molecule has 3 rings (SSSR count). The van der Waals surface area contributed by atoms with Gasteiger partial charge in [0.15, 0.2) is 0 Å². The molecule has 0 heterocycles. The Morgan fingerprint density at radius 2 is 1.54 bits per heavy atom. The van der Waals surface area contributed by atoms with Gasteiger partial charge in [-0.25, -0.2) is 10.2 Å². The number of ether oxygens (including phenoxy) is 3. The van der Waals surface area contributed by atoms with Gasteiger partial charge in [-0.2, -0.15) is 5.10 Å².